The average molecular weight is 348 g/mol. The van der Waals surface area contributed by atoms with Crippen molar-refractivity contribution >= 4 is 11.0 Å². The summed E-state index contributed by atoms with van der Waals surface area (Å²) in [5.74, 6) is 3.50. The molecule has 0 bridgehead atoms. The van der Waals surface area contributed by atoms with Crippen LogP contribution in [0.2, 0.25) is 0 Å². The quantitative estimate of drug-likeness (QED) is 0.474. The third kappa shape index (κ3) is 3.77. The summed E-state index contributed by atoms with van der Waals surface area (Å²) in [6, 6.07) is 17.0. The number of unbranched alkanes of at least 4 members (excludes halogenated alkanes) is 1. The summed E-state index contributed by atoms with van der Waals surface area (Å²) in [5, 5.41) is 0. The highest BCUT2D eigenvalue weighted by molar-refractivity contribution is 5.76. The van der Waals surface area contributed by atoms with Crippen LogP contribution in [-0.2, 0) is 6.54 Å². The number of aromatic nitrogens is 2. The molecule has 136 valence electrons. The van der Waals surface area contributed by atoms with Gasteiger partial charge in [0.15, 0.2) is 0 Å². The van der Waals surface area contributed by atoms with E-state index in [1.165, 1.54) is 29.7 Å². The van der Waals surface area contributed by atoms with E-state index in [1.807, 2.05) is 0 Å². The van der Waals surface area contributed by atoms with Gasteiger partial charge in [0.2, 0.25) is 0 Å². The zero-order valence-electron chi connectivity index (χ0n) is 15.8. The molecule has 0 radical (unpaired) electrons. The zero-order chi connectivity index (χ0) is 17.9. The van der Waals surface area contributed by atoms with Crippen molar-refractivity contribution in [3.05, 3.63) is 59.9 Å². The normalized spacial score (nSPS) is 14.3. The molecule has 1 heterocycles. The van der Waals surface area contributed by atoms with Crippen molar-refractivity contribution in [3.8, 4) is 5.75 Å². The van der Waals surface area contributed by atoms with E-state index in [4.69, 9.17) is 9.72 Å². The van der Waals surface area contributed by atoms with Gasteiger partial charge in [-0.15, -0.1) is 0 Å². The third-order valence-corrected chi connectivity index (χ3v) is 5.22. The van der Waals surface area contributed by atoms with E-state index >= 15 is 0 Å². The molecule has 1 fully saturated rings. The Morgan fingerprint density at radius 2 is 1.81 bits per heavy atom. The van der Waals surface area contributed by atoms with Crippen molar-refractivity contribution in [2.45, 2.75) is 57.9 Å². The van der Waals surface area contributed by atoms with Gasteiger partial charge in [0.1, 0.15) is 11.6 Å². The highest BCUT2D eigenvalue weighted by Gasteiger charge is 2.29. The lowest BCUT2D eigenvalue weighted by molar-refractivity contribution is 0.303. The van der Waals surface area contributed by atoms with Crippen LogP contribution < -0.4 is 4.74 Å². The van der Waals surface area contributed by atoms with Crippen molar-refractivity contribution in [3.63, 3.8) is 0 Å². The van der Waals surface area contributed by atoms with Crippen LogP contribution in [0.25, 0.3) is 11.0 Å². The topological polar surface area (TPSA) is 27.1 Å². The minimum Gasteiger partial charge on any atom is -0.494 e. The summed E-state index contributed by atoms with van der Waals surface area (Å²) >= 11 is 0. The molecule has 1 aromatic heterocycles. The van der Waals surface area contributed by atoms with Crippen molar-refractivity contribution in [2.24, 2.45) is 0 Å². The van der Waals surface area contributed by atoms with Gasteiger partial charge in [-0.3, -0.25) is 0 Å². The Morgan fingerprint density at radius 3 is 2.54 bits per heavy atom. The second-order valence-corrected chi connectivity index (χ2v) is 7.66. The summed E-state index contributed by atoms with van der Waals surface area (Å²) in [6.45, 7) is 6.23. The molecule has 1 aliphatic rings. The second-order valence-electron chi connectivity index (χ2n) is 7.66. The fourth-order valence-electron chi connectivity index (χ4n) is 3.49. The average Bonchev–Trinajstić information content (AvgIpc) is 3.44. The Balaban J connectivity index is 1.31. The lowest BCUT2D eigenvalue weighted by atomic mass is 10.0. The molecule has 0 aliphatic heterocycles. The predicted molar refractivity (Wildman–Crippen MR) is 107 cm³/mol. The highest BCUT2D eigenvalue weighted by Crippen LogP contribution is 2.40. The molecular weight excluding hydrogens is 320 g/mol. The fraction of sp³-hybridized carbons (Fsp3) is 0.435. The number of ether oxygens (including phenoxy) is 1. The molecular formula is C23H28N2O. The van der Waals surface area contributed by atoms with Gasteiger partial charge in [-0.1, -0.05) is 38.1 Å². The summed E-state index contributed by atoms with van der Waals surface area (Å²) in [6.07, 6.45) is 4.75. The predicted octanol–water partition coefficient (Wildman–Crippen LogP) is 5.90. The second kappa shape index (κ2) is 7.53. The summed E-state index contributed by atoms with van der Waals surface area (Å²) in [5.41, 5.74) is 3.77. The molecule has 0 N–H and O–H groups in total. The maximum absolute atomic E-state index is 5.91. The molecule has 0 atom stereocenters. The van der Waals surface area contributed by atoms with Gasteiger partial charge in [0.25, 0.3) is 0 Å². The van der Waals surface area contributed by atoms with Gasteiger partial charge in [0, 0.05) is 12.5 Å². The first-order valence-corrected chi connectivity index (χ1v) is 9.90. The Bertz CT molecular complexity index is 860. The fourth-order valence-corrected chi connectivity index (χ4v) is 3.49. The molecule has 1 saturated carbocycles. The molecule has 3 nitrogen and oxygen atoms in total. The van der Waals surface area contributed by atoms with E-state index in [0.717, 1.165) is 37.3 Å². The van der Waals surface area contributed by atoms with Crippen LogP contribution in [0.15, 0.2) is 48.5 Å². The van der Waals surface area contributed by atoms with Crippen molar-refractivity contribution in [1.29, 1.82) is 0 Å². The van der Waals surface area contributed by atoms with Crippen molar-refractivity contribution < 1.29 is 4.74 Å². The van der Waals surface area contributed by atoms with Gasteiger partial charge in [-0.25, -0.2) is 4.98 Å². The van der Waals surface area contributed by atoms with E-state index in [9.17, 15) is 0 Å². The summed E-state index contributed by atoms with van der Waals surface area (Å²) in [4.78, 5) is 4.88. The van der Waals surface area contributed by atoms with Crippen LogP contribution in [0.1, 0.15) is 62.8 Å². The number of hydrogen-bond donors (Lipinski definition) is 0. The van der Waals surface area contributed by atoms with E-state index in [2.05, 4.69) is 66.9 Å². The first-order chi connectivity index (χ1) is 12.7. The Morgan fingerprint density at radius 1 is 1.04 bits per heavy atom. The van der Waals surface area contributed by atoms with Crippen LogP contribution in [-0.4, -0.2) is 16.2 Å². The van der Waals surface area contributed by atoms with E-state index < -0.39 is 0 Å². The summed E-state index contributed by atoms with van der Waals surface area (Å²) < 4.78 is 8.35. The van der Waals surface area contributed by atoms with E-state index in [0.29, 0.717) is 11.8 Å². The molecule has 26 heavy (non-hydrogen) atoms. The zero-order valence-corrected chi connectivity index (χ0v) is 15.8. The largest absolute Gasteiger partial charge is 0.494 e. The van der Waals surface area contributed by atoms with Gasteiger partial charge in [-0.05, 0) is 61.4 Å². The van der Waals surface area contributed by atoms with Gasteiger partial charge in [-0.2, -0.15) is 0 Å². The minimum absolute atomic E-state index is 0.565. The lowest BCUT2D eigenvalue weighted by Gasteiger charge is -2.10. The Kier molecular flexibility index (Phi) is 4.96. The molecule has 0 saturated heterocycles. The Labute approximate surface area is 156 Å². The number of nitrogens with zero attached hydrogens (tertiary/aromatic N) is 2. The third-order valence-electron chi connectivity index (χ3n) is 5.22. The van der Waals surface area contributed by atoms with E-state index in [-0.39, 0.29) is 0 Å². The monoisotopic (exact) mass is 348 g/mol. The van der Waals surface area contributed by atoms with Gasteiger partial charge >= 0.3 is 0 Å². The molecule has 3 heteroatoms. The lowest BCUT2D eigenvalue weighted by Crippen LogP contribution is -2.05. The number of hydrogen-bond acceptors (Lipinski definition) is 2. The van der Waals surface area contributed by atoms with E-state index in [1.54, 1.807) is 0 Å². The maximum atomic E-state index is 5.91. The Hall–Kier alpha value is -2.29. The first-order valence-electron chi connectivity index (χ1n) is 9.90. The van der Waals surface area contributed by atoms with Crippen LogP contribution in [0.3, 0.4) is 0 Å². The van der Waals surface area contributed by atoms with Crippen LogP contribution >= 0.6 is 0 Å². The smallest absolute Gasteiger partial charge is 0.119 e. The molecule has 4 rings (SSSR count). The SMILES string of the molecule is CC(C)c1ccc(OCCCCn2c(C3CC3)nc3ccccc32)cc1. The number of benzene rings is 2. The molecule has 2 aromatic carbocycles. The maximum Gasteiger partial charge on any atom is 0.119 e. The number of rotatable bonds is 8. The van der Waals surface area contributed by atoms with Crippen LogP contribution in [0, 0.1) is 0 Å². The number of para-hydroxylation sites is 2. The molecule has 0 amide bonds. The molecule has 3 aromatic rings. The minimum atomic E-state index is 0.565. The van der Waals surface area contributed by atoms with Gasteiger partial charge in [0.05, 0.1) is 17.6 Å². The van der Waals surface area contributed by atoms with Crippen molar-refractivity contribution in [1.82, 2.24) is 9.55 Å². The molecule has 0 spiro atoms. The highest BCUT2D eigenvalue weighted by atomic mass is 16.5. The molecule has 1 aliphatic carbocycles. The number of imidazole rings is 1. The standard InChI is InChI=1S/C23H28N2O/c1-17(2)18-11-13-20(14-12-18)26-16-6-5-15-25-22-8-4-3-7-21(22)24-23(25)19-9-10-19/h3-4,7-8,11-14,17,19H,5-6,9-10,15-16H2,1-2H3. The van der Waals surface area contributed by atoms with Crippen molar-refractivity contribution in [2.75, 3.05) is 6.61 Å². The first kappa shape index (κ1) is 17.1. The number of fused-ring (bicyclic) bond motifs is 1. The number of aryl methyl sites for hydroxylation is 1. The van der Waals surface area contributed by atoms with Crippen LogP contribution in [0.4, 0.5) is 0 Å². The van der Waals surface area contributed by atoms with Gasteiger partial charge < -0.3 is 9.30 Å². The van der Waals surface area contributed by atoms with Crippen LogP contribution in [0.5, 0.6) is 5.75 Å². The summed E-state index contributed by atoms with van der Waals surface area (Å²) in [7, 11) is 0. The molecule has 0 unspecified atom stereocenters.